The number of carboxylic acid groups (broad SMARTS) is 3. The van der Waals surface area contributed by atoms with Gasteiger partial charge in [-0.15, -0.1) is 0 Å². The van der Waals surface area contributed by atoms with Gasteiger partial charge in [0, 0.05) is 13.8 Å². The first-order valence-electron chi connectivity index (χ1n) is 19.1. The molecular formula is C34H52N2O28. The van der Waals surface area contributed by atoms with E-state index in [2.05, 4.69) is 10.6 Å². The fourth-order valence-corrected chi connectivity index (χ4v) is 7.08. The summed E-state index contributed by atoms with van der Waals surface area (Å²) in [5, 5.41) is 160. The van der Waals surface area contributed by atoms with E-state index < -0.39 is 190 Å². The first kappa shape index (κ1) is 52.8. The SMILES string of the molecule is CC(=O)N[C@H]1[C@H](O[C@@H]([C@H](O)[C@@H](O)CO)[C@H](O)C(=O)O)O[C@H](CO)[C@@H](O)[C@@H]1O[C@@H]1O[C@H](C(=O)O)[C@@H](O[C@@H]2O[C@H](CO)[C@@H](O)[C@H](O[C@@H]3OC(C(=O)O)=C[C@H](O)[C@H]3O)[C@H]2NC(C)=O)[C@H](O)[C@H]1O. The summed E-state index contributed by atoms with van der Waals surface area (Å²) in [6.45, 7) is -1.52. The highest BCUT2D eigenvalue weighted by molar-refractivity contribution is 5.84. The standard InChI is InChI=1S/C34H52N2O28/c1-7(40)35-14-24(19(47)12(5-38)58-31(14)62-25(22(50)29(53)54)16(44)10(43)4-37)61-34-21(49)20(48)26(27(64-34)30(55)56)63-32-15(36-8(2)41)23(18(46)13(6-39)59-32)60-33-17(45)9(42)3-11(57-33)28(51)52/h3,9-10,12-27,31-34,37-39,42-50H,4-6H2,1-2H3,(H,35,40)(H,36,41)(H,51,52)(H,53,54)(H,55,56)/t9-,10-,12+,13+,14+,15+,16+,17+,18+,19+,20+,21+,22-,23+,24+,25-,26-,27-,31-,32-,33-,34+/m0/s1. The van der Waals surface area contributed by atoms with Gasteiger partial charge in [-0.05, 0) is 6.08 Å². The topological polar surface area (TPSA) is 487 Å². The van der Waals surface area contributed by atoms with Crippen molar-refractivity contribution in [3.63, 3.8) is 0 Å². The Hall–Kier alpha value is -3.87. The minimum absolute atomic E-state index is 0.626. The lowest BCUT2D eigenvalue weighted by atomic mass is 9.94. The van der Waals surface area contributed by atoms with Crippen LogP contribution in [-0.2, 0) is 61.9 Å². The van der Waals surface area contributed by atoms with E-state index in [0.717, 1.165) is 13.8 Å². The normalized spacial score (nSPS) is 39.8. The average molecular weight is 937 g/mol. The summed E-state index contributed by atoms with van der Waals surface area (Å²) in [5.74, 6) is -8.51. The summed E-state index contributed by atoms with van der Waals surface area (Å²) in [6.07, 6.45) is -43.0. The molecule has 22 atom stereocenters. The number of hydrogen-bond donors (Lipinski definition) is 17. The highest BCUT2D eigenvalue weighted by Crippen LogP contribution is 2.35. The quantitative estimate of drug-likeness (QED) is 0.0572. The molecule has 0 aliphatic carbocycles. The fourth-order valence-electron chi connectivity index (χ4n) is 7.08. The number of aliphatic hydroxyl groups is 12. The van der Waals surface area contributed by atoms with E-state index in [-0.39, 0.29) is 0 Å². The van der Waals surface area contributed by atoms with Gasteiger partial charge in [0.1, 0.15) is 97.5 Å². The number of amides is 2. The molecule has 0 spiro atoms. The third-order valence-electron chi connectivity index (χ3n) is 10.3. The van der Waals surface area contributed by atoms with E-state index in [0.29, 0.717) is 6.08 Å². The molecule has 30 nitrogen and oxygen atoms in total. The Kier molecular flexibility index (Phi) is 18.6. The summed E-state index contributed by atoms with van der Waals surface area (Å²) in [7, 11) is 0. The molecule has 4 heterocycles. The number of nitrogens with one attached hydrogen (secondary N) is 2. The van der Waals surface area contributed by atoms with E-state index in [9.17, 15) is 101 Å². The number of carboxylic acids is 3. The van der Waals surface area contributed by atoms with Crippen LogP contribution in [0.25, 0.3) is 0 Å². The van der Waals surface area contributed by atoms with Crippen LogP contribution >= 0.6 is 0 Å². The van der Waals surface area contributed by atoms with Crippen molar-refractivity contribution < 1.29 is 138 Å². The van der Waals surface area contributed by atoms with E-state index >= 15 is 0 Å². The minimum Gasteiger partial charge on any atom is -0.479 e. The molecule has 0 saturated carbocycles. The van der Waals surface area contributed by atoms with Gasteiger partial charge in [-0.25, -0.2) is 14.4 Å². The second-order valence-corrected chi connectivity index (χ2v) is 14.9. The molecule has 4 aliphatic heterocycles. The Morgan fingerprint density at radius 2 is 1.16 bits per heavy atom. The minimum atomic E-state index is -2.68. The van der Waals surface area contributed by atoms with Crippen molar-refractivity contribution in [3.05, 3.63) is 11.8 Å². The van der Waals surface area contributed by atoms with Gasteiger partial charge in [0.25, 0.3) is 0 Å². The van der Waals surface area contributed by atoms with Gasteiger partial charge in [-0.2, -0.15) is 0 Å². The molecule has 17 N–H and O–H groups in total. The zero-order valence-corrected chi connectivity index (χ0v) is 33.4. The molecule has 0 bridgehead atoms. The lowest BCUT2D eigenvalue weighted by Crippen LogP contribution is -2.70. The maximum atomic E-state index is 12.7. The van der Waals surface area contributed by atoms with Gasteiger partial charge in [0.05, 0.1) is 19.8 Å². The number of aliphatic carboxylic acids is 3. The molecule has 2 amide bonds. The molecule has 0 radical (unpaired) electrons. The zero-order valence-electron chi connectivity index (χ0n) is 33.4. The molecule has 3 saturated heterocycles. The van der Waals surface area contributed by atoms with Crippen molar-refractivity contribution in [1.29, 1.82) is 0 Å². The average Bonchev–Trinajstić information content (AvgIpc) is 3.23. The van der Waals surface area contributed by atoms with Crippen LogP contribution in [0.4, 0.5) is 0 Å². The monoisotopic (exact) mass is 936 g/mol. The molecule has 4 rings (SSSR count). The zero-order chi connectivity index (χ0) is 48.1. The van der Waals surface area contributed by atoms with Crippen LogP contribution in [-0.4, -0.2) is 261 Å². The number of carbonyl (C=O) groups excluding carboxylic acids is 2. The highest BCUT2D eigenvalue weighted by atomic mass is 16.8. The molecule has 0 aromatic carbocycles. The van der Waals surface area contributed by atoms with Crippen LogP contribution in [0.2, 0.25) is 0 Å². The Balaban J connectivity index is 1.66. The number of hydrogen-bond acceptors (Lipinski definition) is 25. The predicted molar refractivity (Wildman–Crippen MR) is 192 cm³/mol. The Labute approximate surface area is 359 Å². The van der Waals surface area contributed by atoms with Crippen molar-refractivity contribution in [2.24, 2.45) is 0 Å². The molecule has 0 aromatic heterocycles. The second-order valence-electron chi connectivity index (χ2n) is 14.9. The maximum absolute atomic E-state index is 12.7. The third kappa shape index (κ3) is 11.9. The summed E-state index contributed by atoms with van der Waals surface area (Å²) < 4.78 is 44.2. The van der Waals surface area contributed by atoms with Gasteiger partial charge >= 0.3 is 17.9 Å². The lowest BCUT2D eigenvalue weighted by Gasteiger charge is -2.49. The van der Waals surface area contributed by atoms with Crippen LogP contribution in [0.15, 0.2) is 11.8 Å². The predicted octanol–water partition coefficient (Wildman–Crippen LogP) is -10.6. The lowest BCUT2D eigenvalue weighted by molar-refractivity contribution is -0.367. The molecule has 3 fully saturated rings. The van der Waals surface area contributed by atoms with E-state index in [1.807, 2.05) is 0 Å². The smallest absolute Gasteiger partial charge is 0.371 e. The van der Waals surface area contributed by atoms with Crippen molar-refractivity contribution in [2.75, 3.05) is 19.8 Å². The Morgan fingerprint density at radius 3 is 1.62 bits per heavy atom. The van der Waals surface area contributed by atoms with E-state index in [4.69, 9.17) is 37.9 Å². The van der Waals surface area contributed by atoms with Crippen LogP contribution in [0, 0.1) is 0 Å². The summed E-state index contributed by atoms with van der Waals surface area (Å²) in [4.78, 5) is 60.8. The number of rotatable bonds is 19. The van der Waals surface area contributed by atoms with Crippen LogP contribution in [0.3, 0.4) is 0 Å². The maximum Gasteiger partial charge on any atom is 0.371 e. The molecular weight excluding hydrogens is 884 g/mol. The van der Waals surface area contributed by atoms with Crippen molar-refractivity contribution in [3.8, 4) is 0 Å². The first-order chi connectivity index (χ1) is 30.0. The van der Waals surface area contributed by atoms with Crippen molar-refractivity contribution >= 4 is 29.7 Å². The molecule has 0 unspecified atom stereocenters. The van der Waals surface area contributed by atoms with Crippen LogP contribution in [0.5, 0.6) is 0 Å². The largest absolute Gasteiger partial charge is 0.479 e. The molecule has 30 heteroatoms. The number of aliphatic hydroxyl groups excluding tert-OH is 12. The first-order valence-corrected chi connectivity index (χ1v) is 19.1. The summed E-state index contributed by atoms with van der Waals surface area (Å²) in [5.41, 5.74) is 0. The van der Waals surface area contributed by atoms with Gasteiger partial charge in [0.15, 0.2) is 31.1 Å². The van der Waals surface area contributed by atoms with Crippen LogP contribution in [0.1, 0.15) is 13.8 Å². The van der Waals surface area contributed by atoms with Crippen molar-refractivity contribution in [2.45, 2.75) is 149 Å². The Morgan fingerprint density at radius 1 is 0.656 bits per heavy atom. The van der Waals surface area contributed by atoms with E-state index in [1.54, 1.807) is 0 Å². The van der Waals surface area contributed by atoms with E-state index in [1.165, 1.54) is 0 Å². The molecule has 0 aromatic rings. The van der Waals surface area contributed by atoms with Gasteiger partial charge in [-0.3, -0.25) is 9.59 Å². The third-order valence-corrected chi connectivity index (χ3v) is 10.3. The molecule has 4 aliphatic rings. The molecule has 366 valence electrons. The summed E-state index contributed by atoms with van der Waals surface area (Å²) in [6, 6.07) is -3.79. The number of ether oxygens (including phenoxy) is 8. The fraction of sp³-hybridized carbons (Fsp3) is 0.794. The van der Waals surface area contributed by atoms with Gasteiger partial charge in [0.2, 0.25) is 23.9 Å². The van der Waals surface area contributed by atoms with Crippen LogP contribution < -0.4 is 10.6 Å². The van der Waals surface area contributed by atoms with Crippen molar-refractivity contribution in [1.82, 2.24) is 10.6 Å². The molecule has 64 heavy (non-hydrogen) atoms. The highest BCUT2D eigenvalue weighted by Gasteiger charge is 2.57. The second kappa shape index (κ2) is 22.6. The Bertz CT molecular complexity index is 1660. The van der Waals surface area contributed by atoms with Gasteiger partial charge in [-0.1, -0.05) is 0 Å². The van der Waals surface area contributed by atoms with Gasteiger partial charge < -0.3 is 125 Å². The number of carbonyl (C=O) groups is 5. The summed E-state index contributed by atoms with van der Waals surface area (Å²) >= 11 is 0.